The van der Waals surface area contributed by atoms with Crippen molar-refractivity contribution in [2.45, 2.75) is 38.6 Å². The number of nitrogens with zero attached hydrogens (tertiary/aromatic N) is 3. The maximum Gasteiger partial charge on any atom is 0.254 e. The summed E-state index contributed by atoms with van der Waals surface area (Å²) in [5.74, 6) is -0.0791. The summed E-state index contributed by atoms with van der Waals surface area (Å²) in [6.07, 6.45) is 3.36. The van der Waals surface area contributed by atoms with Gasteiger partial charge in [-0.25, -0.2) is 4.39 Å². The molecule has 1 N–H and O–H groups in total. The summed E-state index contributed by atoms with van der Waals surface area (Å²) >= 11 is 1.20. The van der Waals surface area contributed by atoms with Crippen molar-refractivity contribution in [3.8, 4) is 16.3 Å². The first kappa shape index (κ1) is 22.8. The Hall–Kier alpha value is -3.33. The number of carbonyl (C=O) groups is 2. The van der Waals surface area contributed by atoms with Crippen molar-refractivity contribution in [3.63, 3.8) is 0 Å². The molecule has 172 valence electrons. The van der Waals surface area contributed by atoms with Gasteiger partial charge in [-0.1, -0.05) is 24.7 Å². The minimum absolute atomic E-state index is 0.183. The van der Waals surface area contributed by atoms with Crippen molar-refractivity contribution in [1.82, 2.24) is 15.1 Å². The van der Waals surface area contributed by atoms with Gasteiger partial charge in [-0.15, -0.1) is 10.2 Å². The molecule has 1 aliphatic rings. The lowest BCUT2D eigenvalue weighted by Gasteiger charge is -2.23. The molecule has 0 radical (unpaired) electrons. The van der Waals surface area contributed by atoms with Gasteiger partial charge in [0.25, 0.3) is 5.91 Å². The van der Waals surface area contributed by atoms with Crippen LogP contribution in [0, 0.1) is 5.82 Å². The second-order valence-electron chi connectivity index (χ2n) is 7.79. The van der Waals surface area contributed by atoms with Crippen molar-refractivity contribution >= 4 is 28.3 Å². The molecule has 1 aliphatic heterocycles. The van der Waals surface area contributed by atoms with E-state index in [4.69, 9.17) is 4.74 Å². The van der Waals surface area contributed by atoms with Crippen LogP contribution in [-0.4, -0.2) is 46.1 Å². The maximum absolute atomic E-state index is 13.1. The van der Waals surface area contributed by atoms with E-state index in [1.54, 1.807) is 41.3 Å². The zero-order chi connectivity index (χ0) is 23.2. The molecule has 1 unspecified atom stereocenters. The van der Waals surface area contributed by atoms with E-state index in [0.29, 0.717) is 40.8 Å². The molecule has 33 heavy (non-hydrogen) atoms. The van der Waals surface area contributed by atoms with Crippen molar-refractivity contribution in [2.75, 3.05) is 18.5 Å². The summed E-state index contributed by atoms with van der Waals surface area (Å²) < 4.78 is 18.8. The molecular weight excluding hydrogens is 443 g/mol. The van der Waals surface area contributed by atoms with E-state index >= 15 is 0 Å². The SMILES string of the molecule is CCCCOc1ccc(C(=O)N2CCCC2C(=O)Nc2nnc(-c3ccc(F)cc3)s2)cc1. The molecule has 4 rings (SSSR count). The van der Waals surface area contributed by atoms with Gasteiger partial charge in [0, 0.05) is 17.7 Å². The van der Waals surface area contributed by atoms with E-state index in [1.807, 2.05) is 0 Å². The summed E-state index contributed by atoms with van der Waals surface area (Å²) in [4.78, 5) is 27.6. The number of nitrogens with one attached hydrogen (secondary N) is 1. The van der Waals surface area contributed by atoms with Crippen LogP contribution in [0.5, 0.6) is 5.75 Å². The van der Waals surface area contributed by atoms with E-state index in [2.05, 4.69) is 22.4 Å². The Bertz CT molecular complexity index is 1100. The van der Waals surface area contributed by atoms with Gasteiger partial charge in [0.2, 0.25) is 11.0 Å². The van der Waals surface area contributed by atoms with Crippen LogP contribution in [0.3, 0.4) is 0 Å². The average Bonchev–Trinajstić information content (AvgIpc) is 3.50. The van der Waals surface area contributed by atoms with Gasteiger partial charge in [0.05, 0.1) is 6.61 Å². The monoisotopic (exact) mass is 468 g/mol. The largest absolute Gasteiger partial charge is 0.494 e. The Kier molecular flexibility index (Phi) is 7.29. The number of aromatic nitrogens is 2. The van der Waals surface area contributed by atoms with Crippen LogP contribution in [0.1, 0.15) is 43.0 Å². The van der Waals surface area contributed by atoms with E-state index in [-0.39, 0.29) is 17.6 Å². The van der Waals surface area contributed by atoms with Crippen LogP contribution >= 0.6 is 11.3 Å². The number of ether oxygens (including phenoxy) is 1. The quantitative estimate of drug-likeness (QED) is 0.482. The average molecular weight is 469 g/mol. The molecule has 7 nitrogen and oxygen atoms in total. The van der Waals surface area contributed by atoms with Gasteiger partial charge in [-0.05, 0) is 67.8 Å². The Morgan fingerprint density at radius 3 is 2.64 bits per heavy atom. The summed E-state index contributed by atoms with van der Waals surface area (Å²) in [5, 5.41) is 11.8. The molecule has 0 spiro atoms. The third-order valence-electron chi connectivity index (χ3n) is 5.43. The first-order valence-corrected chi connectivity index (χ1v) is 11.8. The van der Waals surface area contributed by atoms with Crippen molar-refractivity contribution in [1.29, 1.82) is 0 Å². The molecule has 3 aromatic rings. The molecule has 0 saturated carbocycles. The molecule has 9 heteroatoms. The Morgan fingerprint density at radius 2 is 1.91 bits per heavy atom. The minimum Gasteiger partial charge on any atom is -0.494 e. The molecule has 1 fully saturated rings. The van der Waals surface area contributed by atoms with E-state index in [1.165, 1.54) is 23.5 Å². The predicted octanol–water partition coefficient (Wildman–Crippen LogP) is 4.77. The topological polar surface area (TPSA) is 84.4 Å². The molecule has 0 bridgehead atoms. The van der Waals surface area contributed by atoms with Gasteiger partial charge in [0.15, 0.2) is 0 Å². The van der Waals surface area contributed by atoms with Crippen LogP contribution < -0.4 is 10.1 Å². The van der Waals surface area contributed by atoms with Gasteiger partial charge < -0.3 is 9.64 Å². The molecule has 2 aromatic carbocycles. The fourth-order valence-electron chi connectivity index (χ4n) is 3.65. The van der Waals surface area contributed by atoms with Crippen LogP contribution in [0.2, 0.25) is 0 Å². The Morgan fingerprint density at radius 1 is 1.15 bits per heavy atom. The normalized spacial score (nSPS) is 15.5. The predicted molar refractivity (Wildman–Crippen MR) is 125 cm³/mol. The number of anilines is 1. The summed E-state index contributed by atoms with van der Waals surface area (Å²) in [6.45, 7) is 3.26. The minimum atomic E-state index is -0.573. The first-order chi connectivity index (χ1) is 16.0. The summed E-state index contributed by atoms with van der Waals surface area (Å²) in [6, 6.07) is 12.4. The molecule has 2 heterocycles. The maximum atomic E-state index is 13.1. The molecule has 1 saturated heterocycles. The van der Waals surface area contributed by atoms with Crippen LogP contribution in [0.25, 0.3) is 10.6 Å². The standard InChI is InChI=1S/C24H25FN4O3S/c1-2-3-15-32-19-12-8-17(9-13-19)23(31)29-14-4-5-20(29)21(30)26-24-28-27-22(33-24)16-6-10-18(25)11-7-16/h6-13,20H,2-5,14-15H2,1H3,(H,26,28,30). The fourth-order valence-corrected chi connectivity index (χ4v) is 4.40. The second-order valence-corrected chi connectivity index (χ2v) is 8.77. The molecule has 2 amide bonds. The zero-order valence-electron chi connectivity index (χ0n) is 18.3. The number of unbranched alkanes of at least 4 members (excludes halogenated alkanes) is 1. The van der Waals surface area contributed by atoms with Crippen molar-refractivity contribution in [2.24, 2.45) is 0 Å². The third-order valence-corrected chi connectivity index (χ3v) is 6.32. The van der Waals surface area contributed by atoms with Gasteiger partial charge >= 0.3 is 0 Å². The van der Waals surface area contributed by atoms with Crippen LogP contribution in [-0.2, 0) is 4.79 Å². The molecule has 1 atom stereocenters. The number of halogens is 1. The molecule has 1 aromatic heterocycles. The number of amides is 2. The number of likely N-dealkylation sites (tertiary alicyclic amines) is 1. The smallest absolute Gasteiger partial charge is 0.254 e. The molecule has 0 aliphatic carbocycles. The van der Waals surface area contributed by atoms with E-state index < -0.39 is 6.04 Å². The molecular formula is C24H25FN4O3S. The van der Waals surface area contributed by atoms with E-state index in [0.717, 1.165) is 25.0 Å². The highest BCUT2D eigenvalue weighted by molar-refractivity contribution is 7.18. The van der Waals surface area contributed by atoms with Crippen LogP contribution in [0.4, 0.5) is 9.52 Å². The number of hydrogen-bond donors (Lipinski definition) is 1. The van der Waals surface area contributed by atoms with E-state index in [9.17, 15) is 14.0 Å². The second kappa shape index (κ2) is 10.5. The third kappa shape index (κ3) is 5.54. The van der Waals surface area contributed by atoms with Crippen LogP contribution in [0.15, 0.2) is 48.5 Å². The first-order valence-electron chi connectivity index (χ1n) is 11.0. The Balaban J connectivity index is 1.39. The number of carbonyl (C=O) groups excluding carboxylic acids is 2. The zero-order valence-corrected chi connectivity index (χ0v) is 19.1. The lowest BCUT2D eigenvalue weighted by molar-refractivity contribution is -0.119. The van der Waals surface area contributed by atoms with Gasteiger partial charge in [0.1, 0.15) is 22.6 Å². The lowest BCUT2D eigenvalue weighted by Crippen LogP contribution is -2.43. The fraction of sp³-hybridized carbons (Fsp3) is 0.333. The van der Waals surface area contributed by atoms with Crippen molar-refractivity contribution < 1.29 is 18.7 Å². The summed E-state index contributed by atoms with van der Waals surface area (Å²) in [7, 11) is 0. The number of benzene rings is 2. The lowest BCUT2D eigenvalue weighted by atomic mass is 10.1. The van der Waals surface area contributed by atoms with Gasteiger partial charge in [-0.2, -0.15) is 0 Å². The summed E-state index contributed by atoms with van der Waals surface area (Å²) in [5.41, 5.74) is 1.24. The Labute approximate surface area is 195 Å². The number of hydrogen-bond acceptors (Lipinski definition) is 6. The highest BCUT2D eigenvalue weighted by atomic mass is 32.1. The highest BCUT2D eigenvalue weighted by Gasteiger charge is 2.35. The van der Waals surface area contributed by atoms with Gasteiger partial charge in [-0.3, -0.25) is 14.9 Å². The highest BCUT2D eigenvalue weighted by Crippen LogP contribution is 2.28. The number of rotatable bonds is 8. The van der Waals surface area contributed by atoms with Crippen molar-refractivity contribution in [3.05, 3.63) is 59.9 Å².